The Labute approximate surface area is 117 Å². The summed E-state index contributed by atoms with van der Waals surface area (Å²) >= 11 is 1.76. The summed E-state index contributed by atoms with van der Waals surface area (Å²) in [5.74, 6) is 0.915. The molecule has 2 atom stereocenters. The van der Waals surface area contributed by atoms with E-state index in [0.717, 1.165) is 45.8 Å². The van der Waals surface area contributed by atoms with Gasteiger partial charge in [-0.05, 0) is 17.9 Å². The topological polar surface area (TPSA) is 41.6 Å². The standard InChI is InChI=1S/C14H20N2O2S/c17-14(12-10-11(12)13-2-1-9-19-13)15-3-4-16-5-7-18-8-6-16/h1-2,9,11-12H,3-8,10H2,(H,15,17). The van der Waals surface area contributed by atoms with Crippen LogP contribution in [0.3, 0.4) is 0 Å². The van der Waals surface area contributed by atoms with Crippen molar-refractivity contribution in [2.75, 3.05) is 39.4 Å². The molecule has 0 radical (unpaired) electrons. The molecule has 2 fully saturated rings. The number of carbonyl (C=O) groups is 1. The number of rotatable bonds is 5. The van der Waals surface area contributed by atoms with Gasteiger partial charge < -0.3 is 10.1 Å². The first kappa shape index (κ1) is 13.1. The normalized spacial score (nSPS) is 27.2. The van der Waals surface area contributed by atoms with E-state index in [2.05, 4.69) is 27.7 Å². The number of hydrogen-bond donors (Lipinski definition) is 1. The summed E-state index contributed by atoms with van der Waals surface area (Å²) in [4.78, 5) is 15.7. The fourth-order valence-corrected chi connectivity index (χ4v) is 3.50. The van der Waals surface area contributed by atoms with Crippen LogP contribution in [0.1, 0.15) is 17.2 Å². The first-order valence-corrected chi connectivity index (χ1v) is 7.84. The van der Waals surface area contributed by atoms with E-state index in [-0.39, 0.29) is 11.8 Å². The lowest BCUT2D eigenvalue weighted by Crippen LogP contribution is -2.41. The van der Waals surface area contributed by atoms with Crippen molar-refractivity contribution in [2.24, 2.45) is 5.92 Å². The maximum absolute atomic E-state index is 12.0. The van der Waals surface area contributed by atoms with Crippen molar-refractivity contribution in [1.82, 2.24) is 10.2 Å². The summed E-state index contributed by atoms with van der Waals surface area (Å²) in [6.07, 6.45) is 1.02. The van der Waals surface area contributed by atoms with Crippen molar-refractivity contribution in [2.45, 2.75) is 12.3 Å². The number of nitrogens with one attached hydrogen (secondary N) is 1. The van der Waals surface area contributed by atoms with Crippen LogP contribution >= 0.6 is 11.3 Å². The van der Waals surface area contributed by atoms with Crippen LogP contribution in [0.25, 0.3) is 0 Å². The van der Waals surface area contributed by atoms with Gasteiger partial charge in [0.05, 0.1) is 13.2 Å². The summed E-state index contributed by atoms with van der Waals surface area (Å²) in [6, 6.07) is 4.20. The molecule has 1 aliphatic carbocycles. The fraction of sp³-hybridized carbons (Fsp3) is 0.643. The molecule has 4 nitrogen and oxygen atoms in total. The molecule has 104 valence electrons. The fourth-order valence-electron chi connectivity index (χ4n) is 2.59. The maximum Gasteiger partial charge on any atom is 0.223 e. The van der Waals surface area contributed by atoms with Gasteiger partial charge in [-0.1, -0.05) is 6.07 Å². The lowest BCUT2D eigenvalue weighted by Gasteiger charge is -2.26. The van der Waals surface area contributed by atoms with Crippen LogP contribution < -0.4 is 5.32 Å². The van der Waals surface area contributed by atoms with Crippen molar-refractivity contribution in [3.05, 3.63) is 22.4 Å². The number of nitrogens with zero attached hydrogens (tertiary/aromatic N) is 1. The van der Waals surface area contributed by atoms with E-state index in [1.165, 1.54) is 4.88 Å². The lowest BCUT2D eigenvalue weighted by atomic mass is 10.2. The Hall–Kier alpha value is -0.910. The van der Waals surface area contributed by atoms with E-state index in [1.54, 1.807) is 11.3 Å². The highest BCUT2D eigenvalue weighted by Gasteiger charge is 2.44. The van der Waals surface area contributed by atoms with E-state index < -0.39 is 0 Å². The molecule has 19 heavy (non-hydrogen) atoms. The second-order valence-electron chi connectivity index (χ2n) is 5.21. The van der Waals surface area contributed by atoms with E-state index in [9.17, 15) is 4.79 Å². The Bertz CT molecular complexity index is 415. The van der Waals surface area contributed by atoms with Gasteiger partial charge in [0.15, 0.2) is 0 Å². The van der Waals surface area contributed by atoms with Gasteiger partial charge in [0.1, 0.15) is 0 Å². The highest BCUT2D eigenvalue weighted by Crippen LogP contribution is 2.49. The van der Waals surface area contributed by atoms with Crippen molar-refractivity contribution >= 4 is 17.2 Å². The van der Waals surface area contributed by atoms with Gasteiger partial charge in [-0.3, -0.25) is 9.69 Å². The van der Waals surface area contributed by atoms with Gasteiger partial charge in [0.2, 0.25) is 5.91 Å². The molecule has 0 aromatic carbocycles. The average molecular weight is 280 g/mol. The van der Waals surface area contributed by atoms with Crippen LogP contribution in [-0.4, -0.2) is 50.2 Å². The van der Waals surface area contributed by atoms with E-state index in [1.807, 2.05) is 0 Å². The molecule has 2 unspecified atom stereocenters. The lowest BCUT2D eigenvalue weighted by molar-refractivity contribution is -0.122. The number of morpholine rings is 1. The van der Waals surface area contributed by atoms with Crippen LogP contribution in [0.4, 0.5) is 0 Å². The van der Waals surface area contributed by atoms with E-state index in [4.69, 9.17) is 4.74 Å². The van der Waals surface area contributed by atoms with Crippen molar-refractivity contribution in [1.29, 1.82) is 0 Å². The Morgan fingerprint density at radius 2 is 2.32 bits per heavy atom. The Morgan fingerprint density at radius 1 is 1.47 bits per heavy atom. The zero-order valence-corrected chi connectivity index (χ0v) is 11.8. The van der Waals surface area contributed by atoms with Gasteiger partial charge in [-0.2, -0.15) is 0 Å². The molecule has 1 aromatic rings. The minimum absolute atomic E-state index is 0.211. The molecular weight excluding hydrogens is 260 g/mol. The molecule has 2 heterocycles. The second kappa shape index (κ2) is 6.03. The molecule has 0 spiro atoms. The summed E-state index contributed by atoms with van der Waals surface area (Å²) < 4.78 is 5.30. The molecular formula is C14H20N2O2S. The summed E-state index contributed by atoms with van der Waals surface area (Å²) in [7, 11) is 0. The molecule has 0 bridgehead atoms. The minimum Gasteiger partial charge on any atom is -0.379 e. The molecule has 1 saturated carbocycles. The number of hydrogen-bond acceptors (Lipinski definition) is 4. The van der Waals surface area contributed by atoms with Gasteiger partial charge in [-0.15, -0.1) is 11.3 Å². The number of thiophene rings is 1. The third-order valence-electron chi connectivity index (χ3n) is 3.87. The largest absolute Gasteiger partial charge is 0.379 e. The highest BCUT2D eigenvalue weighted by atomic mass is 32.1. The van der Waals surface area contributed by atoms with Gasteiger partial charge >= 0.3 is 0 Å². The molecule has 1 amide bonds. The van der Waals surface area contributed by atoms with Gasteiger partial charge in [0.25, 0.3) is 0 Å². The highest BCUT2D eigenvalue weighted by molar-refractivity contribution is 7.10. The smallest absolute Gasteiger partial charge is 0.223 e. The number of amides is 1. The predicted octanol–water partition coefficient (Wildman–Crippen LogP) is 1.30. The van der Waals surface area contributed by atoms with E-state index >= 15 is 0 Å². The van der Waals surface area contributed by atoms with Crippen molar-refractivity contribution in [3.63, 3.8) is 0 Å². The van der Waals surface area contributed by atoms with Gasteiger partial charge in [-0.25, -0.2) is 0 Å². The zero-order chi connectivity index (χ0) is 13.1. The first-order chi connectivity index (χ1) is 9.34. The Balaban J connectivity index is 1.36. The SMILES string of the molecule is O=C(NCCN1CCOCC1)C1CC1c1cccs1. The van der Waals surface area contributed by atoms with E-state index in [0.29, 0.717) is 5.92 Å². The number of carbonyl (C=O) groups excluding carboxylic acids is 1. The first-order valence-electron chi connectivity index (χ1n) is 6.96. The quantitative estimate of drug-likeness (QED) is 0.884. The minimum atomic E-state index is 0.211. The third-order valence-corrected chi connectivity index (χ3v) is 4.87. The van der Waals surface area contributed by atoms with Crippen LogP contribution in [0.2, 0.25) is 0 Å². The maximum atomic E-state index is 12.0. The zero-order valence-electron chi connectivity index (χ0n) is 11.0. The predicted molar refractivity (Wildman–Crippen MR) is 75.4 cm³/mol. The van der Waals surface area contributed by atoms with Crippen LogP contribution in [0.5, 0.6) is 0 Å². The average Bonchev–Trinajstić information content (AvgIpc) is 3.06. The molecule has 1 aliphatic heterocycles. The molecule has 1 N–H and O–H groups in total. The molecule has 3 rings (SSSR count). The Morgan fingerprint density at radius 3 is 3.05 bits per heavy atom. The number of ether oxygens (including phenoxy) is 1. The summed E-state index contributed by atoms with van der Waals surface area (Å²) in [6.45, 7) is 5.29. The van der Waals surface area contributed by atoms with Crippen LogP contribution in [0, 0.1) is 5.92 Å². The molecule has 5 heteroatoms. The molecule has 2 aliphatic rings. The summed E-state index contributed by atoms with van der Waals surface area (Å²) in [5, 5.41) is 5.15. The Kier molecular flexibility index (Phi) is 4.15. The van der Waals surface area contributed by atoms with Crippen molar-refractivity contribution in [3.8, 4) is 0 Å². The molecule has 1 saturated heterocycles. The van der Waals surface area contributed by atoms with Gasteiger partial charge in [0, 0.05) is 42.9 Å². The third kappa shape index (κ3) is 3.35. The van der Waals surface area contributed by atoms with Crippen LogP contribution in [0.15, 0.2) is 17.5 Å². The summed E-state index contributed by atoms with van der Waals surface area (Å²) in [5.41, 5.74) is 0. The molecule has 1 aromatic heterocycles. The monoisotopic (exact) mass is 280 g/mol. The van der Waals surface area contributed by atoms with Crippen molar-refractivity contribution < 1.29 is 9.53 Å². The van der Waals surface area contributed by atoms with Crippen LogP contribution in [-0.2, 0) is 9.53 Å². The second-order valence-corrected chi connectivity index (χ2v) is 6.19.